The molecule has 2 rings (SSSR count). The standard InChI is InChI=1S/C13H15NO2S/c1-14-11(7-13(15)16-2)10-8-17-12-6-4-3-5-9(10)12/h3-6,8,11,14H,7H2,1-2H3. The maximum Gasteiger partial charge on any atom is 0.307 e. The van der Waals surface area contributed by atoms with Crippen molar-refractivity contribution in [2.24, 2.45) is 0 Å². The third-order valence-electron chi connectivity index (χ3n) is 2.83. The molecule has 0 fully saturated rings. The Hall–Kier alpha value is -1.39. The molecule has 0 saturated carbocycles. The molecule has 1 aromatic heterocycles. The second kappa shape index (κ2) is 5.29. The van der Waals surface area contributed by atoms with Crippen LogP contribution in [-0.2, 0) is 9.53 Å². The zero-order valence-corrected chi connectivity index (χ0v) is 10.7. The predicted octanol–water partition coefficient (Wildman–Crippen LogP) is 2.72. The molecule has 1 aromatic carbocycles. The van der Waals surface area contributed by atoms with E-state index in [0.717, 1.165) is 0 Å². The summed E-state index contributed by atoms with van der Waals surface area (Å²) >= 11 is 1.70. The Kier molecular flexibility index (Phi) is 3.76. The summed E-state index contributed by atoms with van der Waals surface area (Å²) in [6.45, 7) is 0. The van der Waals surface area contributed by atoms with Crippen molar-refractivity contribution in [3.05, 3.63) is 35.2 Å². The quantitative estimate of drug-likeness (QED) is 0.847. The van der Waals surface area contributed by atoms with E-state index in [9.17, 15) is 4.79 Å². The highest BCUT2D eigenvalue weighted by Gasteiger charge is 2.17. The summed E-state index contributed by atoms with van der Waals surface area (Å²) < 4.78 is 5.96. The number of rotatable bonds is 4. The summed E-state index contributed by atoms with van der Waals surface area (Å²) in [6, 6.07) is 8.23. The Labute approximate surface area is 104 Å². The molecule has 0 amide bonds. The molecule has 0 saturated heterocycles. The fourth-order valence-corrected chi connectivity index (χ4v) is 2.90. The molecule has 3 nitrogen and oxygen atoms in total. The molecule has 17 heavy (non-hydrogen) atoms. The maximum atomic E-state index is 11.4. The molecular weight excluding hydrogens is 234 g/mol. The minimum Gasteiger partial charge on any atom is -0.469 e. The normalized spacial score (nSPS) is 12.6. The van der Waals surface area contributed by atoms with E-state index >= 15 is 0 Å². The first-order valence-electron chi connectivity index (χ1n) is 5.46. The van der Waals surface area contributed by atoms with E-state index in [4.69, 9.17) is 4.74 Å². The smallest absolute Gasteiger partial charge is 0.307 e. The van der Waals surface area contributed by atoms with Gasteiger partial charge < -0.3 is 10.1 Å². The van der Waals surface area contributed by atoms with Crippen molar-refractivity contribution in [1.82, 2.24) is 5.32 Å². The molecule has 1 atom stereocenters. The van der Waals surface area contributed by atoms with E-state index < -0.39 is 0 Å². The molecule has 4 heteroatoms. The molecule has 1 heterocycles. The van der Waals surface area contributed by atoms with E-state index in [1.54, 1.807) is 11.3 Å². The minimum absolute atomic E-state index is 0.0126. The van der Waals surface area contributed by atoms with Crippen LogP contribution in [-0.4, -0.2) is 20.1 Å². The van der Waals surface area contributed by atoms with Gasteiger partial charge in [-0.05, 0) is 29.4 Å². The number of ether oxygens (including phenoxy) is 1. The zero-order chi connectivity index (χ0) is 12.3. The lowest BCUT2D eigenvalue weighted by Crippen LogP contribution is -2.20. The molecule has 2 aromatic rings. The van der Waals surface area contributed by atoms with Crippen LogP contribution in [0.2, 0.25) is 0 Å². The van der Waals surface area contributed by atoms with Gasteiger partial charge in [-0.1, -0.05) is 18.2 Å². The van der Waals surface area contributed by atoms with Crippen molar-refractivity contribution < 1.29 is 9.53 Å². The number of benzene rings is 1. The minimum atomic E-state index is -0.195. The topological polar surface area (TPSA) is 38.3 Å². The molecular formula is C13H15NO2S. The van der Waals surface area contributed by atoms with Crippen LogP contribution in [0.1, 0.15) is 18.0 Å². The van der Waals surface area contributed by atoms with Gasteiger partial charge in [0.2, 0.25) is 0 Å². The third-order valence-corrected chi connectivity index (χ3v) is 3.81. The van der Waals surface area contributed by atoms with Gasteiger partial charge >= 0.3 is 5.97 Å². The third kappa shape index (κ3) is 2.48. The molecule has 1 unspecified atom stereocenters. The first-order chi connectivity index (χ1) is 8.26. The van der Waals surface area contributed by atoms with Crippen LogP contribution >= 0.6 is 11.3 Å². The van der Waals surface area contributed by atoms with Gasteiger partial charge in [-0.15, -0.1) is 11.3 Å². The first-order valence-corrected chi connectivity index (χ1v) is 6.34. The van der Waals surface area contributed by atoms with Crippen molar-refractivity contribution >= 4 is 27.4 Å². The molecule has 0 spiro atoms. The van der Waals surface area contributed by atoms with Gasteiger partial charge in [0.25, 0.3) is 0 Å². The van der Waals surface area contributed by atoms with Gasteiger partial charge in [-0.3, -0.25) is 4.79 Å². The van der Waals surface area contributed by atoms with E-state index in [2.05, 4.69) is 22.8 Å². The number of nitrogens with one attached hydrogen (secondary N) is 1. The number of thiophene rings is 1. The van der Waals surface area contributed by atoms with Gasteiger partial charge in [-0.25, -0.2) is 0 Å². The SMILES string of the molecule is CNC(CC(=O)OC)c1csc2ccccc12. The first kappa shape index (κ1) is 12.1. The molecule has 0 radical (unpaired) electrons. The molecule has 0 aliphatic carbocycles. The van der Waals surface area contributed by atoms with Gasteiger partial charge in [0.05, 0.1) is 13.5 Å². The number of hydrogen-bond donors (Lipinski definition) is 1. The van der Waals surface area contributed by atoms with Crippen molar-refractivity contribution in [1.29, 1.82) is 0 Å². The molecule has 1 N–H and O–H groups in total. The van der Waals surface area contributed by atoms with E-state index in [-0.39, 0.29) is 12.0 Å². The number of hydrogen-bond acceptors (Lipinski definition) is 4. The Morgan fingerprint density at radius 2 is 2.24 bits per heavy atom. The summed E-state index contributed by atoms with van der Waals surface area (Å²) in [4.78, 5) is 11.4. The van der Waals surface area contributed by atoms with Gasteiger partial charge in [-0.2, -0.15) is 0 Å². The van der Waals surface area contributed by atoms with Crippen LogP contribution in [0.25, 0.3) is 10.1 Å². The maximum absolute atomic E-state index is 11.4. The summed E-state index contributed by atoms with van der Waals surface area (Å²) in [6.07, 6.45) is 0.355. The van der Waals surface area contributed by atoms with Crippen molar-refractivity contribution in [2.45, 2.75) is 12.5 Å². The van der Waals surface area contributed by atoms with Crippen LogP contribution < -0.4 is 5.32 Å². The van der Waals surface area contributed by atoms with Gasteiger partial charge in [0, 0.05) is 10.7 Å². The summed E-state index contributed by atoms with van der Waals surface area (Å²) in [5, 5.41) is 6.48. The van der Waals surface area contributed by atoms with Crippen LogP contribution in [0.3, 0.4) is 0 Å². The van der Waals surface area contributed by atoms with Crippen molar-refractivity contribution in [3.8, 4) is 0 Å². The second-order valence-electron chi connectivity index (χ2n) is 3.81. The lowest BCUT2D eigenvalue weighted by Gasteiger charge is -2.14. The Morgan fingerprint density at radius 1 is 1.47 bits per heavy atom. The van der Waals surface area contributed by atoms with Crippen LogP contribution in [0.15, 0.2) is 29.6 Å². The highest BCUT2D eigenvalue weighted by atomic mass is 32.1. The largest absolute Gasteiger partial charge is 0.469 e. The van der Waals surface area contributed by atoms with E-state index in [1.807, 2.05) is 19.2 Å². The lowest BCUT2D eigenvalue weighted by atomic mass is 10.0. The summed E-state index contributed by atoms with van der Waals surface area (Å²) in [7, 11) is 3.28. The number of fused-ring (bicyclic) bond motifs is 1. The highest BCUT2D eigenvalue weighted by molar-refractivity contribution is 7.17. The Balaban J connectivity index is 2.33. The number of carbonyl (C=O) groups excluding carboxylic acids is 1. The zero-order valence-electron chi connectivity index (χ0n) is 9.90. The second-order valence-corrected chi connectivity index (χ2v) is 4.72. The van der Waals surface area contributed by atoms with Crippen LogP contribution in [0.5, 0.6) is 0 Å². The molecule has 0 aliphatic rings. The Bertz CT molecular complexity index is 521. The van der Waals surface area contributed by atoms with Crippen molar-refractivity contribution in [3.63, 3.8) is 0 Å². The Morgan fingerprint density at radius 3 is 2.94 bits per heavy atom. The average Bonchev–Trinajstić information content (AvgIpc) is 2.79. The van der Waals surface area contributed by atoms with Gasteiger partial charge in [0.15, 0.2) is 0 Å². The monoisotopic (exact) mass is 249 g/mol. The molecule has 0 bridgehead atoms. The lowest BCUT2D eigenvalue weighted by molar-refractivity contribution is -0.141. The van der Waals surface area contributed by atoms with E-state index in [0.29, 0.717) is 6.42 Å². The van der Waals surface area contributed by atoms with Crippen molar-refractivity contribution in [2.75, 3.05) is 14.2 Å². The van der Waals surface area contributed by atoms with Crippen LogP contribution in [0.4, 0.5) is 0 Å². The van der Waals surface area contributed by atoms with Gasteiger partial charge in [0.1, 0.15) is 0 Å². The fourth-order valence-electron chi connectivity index (χ4n) is 1.89. The summed E-state index contributed by atoms with van der Waals surface area (Å²) in [5.74, 6) is -0.195. The number of methoxy groups -OCH3 is 1. The number of esters is 1. The van der Waals surface area contributed by atoms with Crippen LogP contribution in [0, 0.1) is 0 Å². The highest BCUT2D eigenvalue weighted by Crippen LogP contribution is 2.31. The average molecular weight is 249 g/mol. The predicted molar refractivity (Wildman–Crippen MR) is 70.3 cm³/mol. The fraction of sp³-hybridized carbons (Fsp3) is 0.308. The number of carbonyl (C=O) groups is 1. The van der Waals surface area contributed by atoms with E-state index in [1.165, 1.54) is 22.8 Å². The summed E-state index contributed by atoms with van der Waals surface area (Å²) in [5.41, 5.74) is 1.17. The molecule has 0 aliphatic heterocycles. The molecule has 90 valence electrons.